The number of hydrogen-bond donors (Lipinski definition) is 0. The zero-order valence-corrected chi connectivity index (χ0v) is 17.3. The van der Waals surface area contributed by atoms with E-state index in [2.05, 4.69) is 35.2 Å². The lowest BCUT2D eigenvalue weighted by atomic mass is 10.1. The average Bonchev–Trinajstić information content (AvgIpc) is 3.26. The first-order chi connectivity index (χ1) is 12.5. The largest absolute Gasteiger partial charge is 0.340 e. The van der Waals surface area contributed by atoms with Gasteiger partial charge in [0.15, 0.2) is 0 Å². The van der Waals surface area contributed by atoms with E-state index >= 15 is 0 Å². The summed E-state index contributed by atoms with van der Waals surface area (Å²) < 4.78 is 0. The van der Waals surface area contributed by atoms with Crippen molar-refractivity contribution in [3.05, 3.63) is 5.01 Å². The number of thioether (sulfide) groups is 1. The van der Waals surface area contributed by atoms with E-state index in [9.17, 15) is 9.59 Å². The number of nitrogens with zero attached hydrogens (tertiary/aromatic N) is 5. The number of rotatable bonds is 6. The van der Waals surface area contributed by atoms with E-state index in [0.29, 0.717) is 17.6 Å². The van der Waals surface area contributed by atoms with E-state index in [4.69, 9.17) is 0 Å². The summed E-state index contributed by atoms with van der Waals surface area (Å²) in [7, 11) is 0. The third kappa shape index (κ3) is 4.37. The molecule has 2 fully saturated rings. The molecule has 0 aliphatic carbocycles. The molecule has 0 spiro atoms. The van der Waals surface area contributed by atoms with Crippen molar-refractivity contribution in [3.63, 3.8) is 0 Å². The number of aromatic nitrogens is 2. The molecule has 0 aromatic carbocycles. The van der Waals surface area contributed by atoms with Crippen LogP contribution >= 0.6 is 23.1 Å². The minimum Gasteiger partial charge on any atom is -0.340 e. The van der Waals surface area contributed by atoms with Crippen molar-refractivity contribution in [2.24, 2.45) is 5.92 Å². The zero-order chi connectivity index (χ0) is 18.7. The van der Waals surface area contributed by atoms with Gasteiger partial charge in [-0.15, -0.1) is 10.2 Å². The monoisotopic (exact) mass is 397 g/mol. The van der Waals surface area contributed by atoms with Crippen molar-refractivity contribution < 1.29 is 9.59 Å². The molecule has 0 radical (unpaired) electrons. The third-order valence-electron chi connectivity index (χ3n) is 4.92. The van der Waals surface area contributed by atoms with Crippen LogP contribution in [0, 0.1) is 5.92 Å². The smallest absolute Gasteiger partial charge is 0.229 e. The summed E-state index contributed by atoms with van der Waals surface area (Å²) in [5, 5.41) is 9.86. The highest BCUT2D eigenvalue weighted by molar-refractivity contribution is 7.98. The Morgan fingerprint density at radius 3 is 2.62 bits per heavy atom. The molecule has 0 bridgehead atoms. The Balaban J connectivity index is 1.55. The van der Waals surface area contributed by atoms with Gasteiger partial charge in [0.25, 0.3) is 0 Å². The summed E-state index contributed by atoms with van der Waals surface area (Å²) >= 11 is 3.30. The summed E-state index contributed by atoms with van der Waals surface area (Å²) in [4.78, 5) is 31.2. The SMILES string of the molecule is CSCCN1CCN(C(=O)C2CC(=O)N(c3nnc(C(C)C)s3)C2)CC1. The molecule has 1 aromatic heterocycles. The molecule has 9 heteroatoms. The molecule has 7 nitrogen and oxygen atoms in total. The molecule has 1 unspecified atom stereocenters. The minimum absolute atomic E-state index is 0.0200. The summed E-state index contributed by atoms with van der Waals surface area (Å²) in [5.74, 6) is 1.25. The highest BCUT2D eigenvalue weighted by Gasteiger charge is 2.39. The normalized spacial score (nSPS) is 21.8. The van der Waals surface area contributed by atoms with Crippen molar-refractivity contribution in [3.8, 4) is 0 Å². The molecule has 2 aliphatic heterocycles. The lowest BCUT2D eigenvalue weighted by molar-refractivity contribution is -0.137. The predicted octanol–water partition coefficient (Wildman–Crippen LogP) is 1.52. The van der Waals surface area contributed by atoms with Crippen LogP contribution in [-0.2, 0) is 9.59 Å². The molecule has 144 valence electrons. The minimum atomic E-state index is -0.258. The molecular formula is C17H27N5O2S2. The first kappa shape index (κ1) is 19.6. The summed E-state index contributed by atoms with van der Waals surface area (Å²) in [6.07, 6.45) is 2.40. The van der Waals surface area contributed by atoms with Gasteiger partial charge in [0.1, 0.15) is 5.01 Å². The van der Waals surface area contributed by atoms with Gasteiger partial charge in [0, 0.05) is 57.4 Å². The molecule has 2 saturated heterocycles. The number of anilines is 1. The Kier molecular flexibility index (Phi) is 6.52. The van der Waals surface area contributed by atoms with Gasteiger partial charge in [-0.3, -0.25) is 19.4 Å². The van der Waals surface area contributed by atoms with E-state index in [0.717, 1.165) is 43.5 Å². The summed E-state index contributed by atoms with van der Waals surface area (Å²) in [6.45, 7) is 8.98. The Morgan fingerprint density at radius 1 is 1.27 bits per heavy atom. The first-order valence-corrected chi connectivity index (χ1v) is 11.3. The molecule has 2 aliphatic rings. The van der Waals surface area contributed by atoms with E-state index in [1.807, 2.05) is 16.7 Å². The summed E-state index contributed by atoms with van der Waals surface area (Å²) in [6, 6.07) is 0. The summed E-state index contributed by atoms with van der Waals surface area (Å²) in [5.41, 5.74) is 0. The van der Waals surface area contributed by atoms with Gasteiger partial charge >= 0.3 is 0 Å². The standard InChI is InChI=1S/C17H27N5O2S2/c1-12(2)15-18-19-17(26-15)22-11-13(10-14(22)23)16(24)21-6-4-20(5-7-21)8-9-25-3/h12-13H,4-11H2,1-3H3. The molecule has 1 atom stereocenters. The maximum atomic E-state index is 12.8. The lowest BCUT2D eigenvalue weighted by Crippen LogP contribution is -2.51. The van der Waals surface area contributed by atoms with Crippen LogP contribution in [0.15, 0.2) is 0 Å². The van der Waals surface area contributed by atoms with Gasteiger partial charge in [0.05, 0.1) is 5.92 Å². The van der Waals surface area contributed by atoms with Crippen LogP contribution in [0.3, 0.4) is 0 Å². The van der Waals surface area contributed by atoms with E-state index in [1.54, 1.807) is 4.90 Å². The van der Waals surface area contributed by atoms with Gasteiger partial charge in [-0.2, -0.15) is 11.8 Å². The second kappa shape index (κ2) is 8.67. The number of piperazine rings is 1. The van der Waals surface area contributed by atoms with Gasteiger partial charge in [-0.25, -0.2) is 0 Å². The highest BCUT2D eigenvalue weighted by Crippen LogP contribution is 2.31. The first-order valence-electron chi connectivity index (χ1n) is 9.13. The fourth-order valence-electron chi connectivity index (χ4n) is 3.30. The van der Waals surface area contributed by atoms with Crippen LogP contribution in [-0.4, -0.2) is 83.1 Å². The lowest BCUT2D eigenvalue weighted by Gasteiger charge is -2.35. The Labute approximate surface area is 163 Å². The fraction of sp³-hybridized carbons (Fsp3) is 0.765. The number of carbonyl (C=O) groups is 2. The second-order valence-electron chi connectivity index (χ2n) is 7.14. The quantitative estimate of drug-likeness (QED) is 0.725. The fourth-order valence-corrected chi connectivity index (χ4v) is 4.61. The van der Waals surface area contributed by atoms with Crippen molar-refractivity contribution in [1.29, 1.82) is 0 Å². The molecule has 26 heavy (non-hydrogen) atoms. The van der Waals surface area contributed by atoms with Crippen LogP contribution in [0.2, 0.25) is 0 Å². The molecule has 3 rings (SSSR count). The van der Waals surface area contributed by atoms with Crippen LogP contribution in [0.4, 0.5) is 5.13 Å². The van der Waals surface area contributed by atoms with Gasteiger partial charge in [-0.05, 0) is 6.26 Å². The van der Waals surface area contributed by atoms with Crippen molar-refractivity contribution in [1.82, 2.24) is 20.0 Å². The number of amides is 2. The van der Waals surface area contributed by atoms with Gasteiger partial charge in [0.2, 0.25) is 16.9 Å². The van der Waals surface area contributed by atoms with Crippen LogP contribution < -0.4 is 4.90 Å². The van der Waals surface area contributed by atoms with Gasteiger partial charge < -0.3 is 4.90 Å². The third-order valence-corrected chi connectivity index (χ3v) is 6.76. The molecular weight excluding hydrogens is 370 g/mol. The van der Waals surface area contributed by atoms with E-state index in [1.165, 1.54) is 11.3 Å². The van der Waals surface area contributed by atoms with E-state index < -0.39 is 0 Å². The molecule has 1 aromatic rings. The predicted molar refractivity (Wildman–Crippen MR) is 106 cm³/mol. The average molecular weight is 398 g/mol. The van der Waals surface area contributed by atoms with Gasteiger partial charge in [-0.1, -0.05) is 25.2 Å². The number of carbonyl (C=O) groups excluding carboxylic acids is 2. The topological polar surface area (TPSA) is 69.6 Å². The Hall–Kier alpha value is -1.19. The Bertz CT molecular complexity index is 643. The maximum absolute atomic E-state index is 12.8. The van der Waals surface area contributed by atoms with E-state index in [-0.39, 0.29) is 24.2 Å². The van der Waals surface area contributed by atoms with Crippen LogP contribution in [0.1, 0.15) is 31.2 Å². The van der Waals surface area contributed by atoms with Crippen molar-refractivity contribution in [2.75, 3.05) is 56.2 Å². The molecule has 2 amide bonds. The van der Waals surface area contributed by atoms with Crippen molar-refractivity contribution in [2.45, 2.75) is 26.2 Å². The highest BCUT2D eigenvalue weighted by atomic mass is 32.2. The zero-order valence-electron chi connectivity index (χ0n) is 15.7. The van der Waals surface area contributed by atoms with Crippen LogP contribution in [0.5, 0.6) is 0 Å². The molecule has 3 heterocycles. The Morgan fingerprint density at radius 2 is 2.00 bits per heavy atom. The molecule has 0 N–H and O–H groups in total. The van der Waals surface area contributed by atoms with Crippen LogP contribution in [0.25, 0.3) is 0 Å². The maximum Gasteiger partial charge on any atom is 0.229 e. The van der Waals surface area contributed by atoms with Crippen molar-refractivity contribution >= 4 is 40.0 Å². The second-order valence-corrected chi connectivity index (χ2v) is 9.12. The number of hydrogen-bond acceptors (Lipinski definition) is 7. The molecule has 0 saturated carbocycles.